The number of allylic oxidation sites excluding steroid dienone is 4. The molecular formula is C60H117NO4. The Kier molecular flexibility index (Phi) is 54.4. The van der Waals surface area contributed by atoms with Crippen LogP contribution in [0.4, 0.5) is 0 Å². The van der Waals surface area contributed by atoms with E-state index in [1.807, 2.05) is 0 Å². The number of hydrogen-bond donors (Lipinski definition) is 4. The van der Waals surface area contributed by atoms with Gasteiger partial charge < -0.3 is 20.6 Å². The second-order valence-corrected chi connectivity index (χ2v) is 20.6. The Bertz CT molecular complexity index is 967. The molecule has 0 rings (SSSR count). The number of aliphatic hydroxyl groups excluding tert-OH is 3. The van der Waals surface area contributed by atoms with Crippen molar-refractivity contribution in [2.45, 2.75) is 347 Å². The van der Waals surface area contributed by atoms with Crippen LogP contribution < -0.4 is 5.32 Å². The van der Waals surface area contributed by atoms with Crippen molar-refractivity contribution in [3.8, 4) is 0 Å². The summed E-state index contributed by atoms with van der Waals surface area (Å²) in [5.74, 6) is -0.280. The lowest BCUT2D eigenvalue weighted by Gasteiger charge is -2.23. The highest BCUT2D eigenvalue weighted by molar-refractivity contribution is 5.76. The van der Waals surface area contributed by atoms with E-state index in [0.29, 0.717) is 12.8 Å². The van der Waals surface area contributed by atoms with Gasteiger partial charge in [-0.15, -0.1) is 0 Å². The van der Waals surface area contributed by atoms with Gasteiger partial charge in [0.05, 0.1) is 31.3 Å². The van der Waals surface area contributed by atoms with E-state index in [1.165, 1.54) is 263 Å². The second-order valence-electron chi connectivity index (χ2n) is 20.6. The summed E-state index contributed by atoms with van der Waals surface area (Å²) in [7, 11) is 0. The summed E-state index contributed by atoms with van der Waals surface area (Å²) in [6, 6.07) is -0.660. The van der Waals surface area contributed by atoms with E-state index in [-0.39, 0.29) is 18.9 Å². The van der Waals surface area contributed by atoms with E-state index in [9.17, 15) is 20.1 Å². The molecule has 0 saturated heterocycles. The maximum Gasteiger partial charge on any atom is 0.222 e. The van der Waals surface area contributed by atoms with Gasteiger partial charge in [0.1, 0.15) is 0 Å². The van der Waals surface area contributed by atoms with E-state index in [4.69, 9.17) is 0 Å². The minimum absolute atomic E-state index is 0.0357. The highest BCUT2D eigenvalue weighted by Gasteiger charge is 2.21. The van der Waals surface area contributed by atoms with Gasteiger partial charge in [-0.3, -0.25) is 4.79 Å². The van der Waals surface area contributed by atoms with Crippen LogP contribution in [-0.2, 0) is 4.79 Å². The third-order valence-electron chi connectivity index (χ3n) is 14.0. The van der Waals surface area contributed by atoms with Crippen molar-refractivity contribution < 1.29 is 20.1 Å². The molecule has 1 amide bonds. The van der Waals surface area contributed by atoms with Gasteiger partial charge in [0.2, 0.25) is 5.91 Å². The van der Waals surface area contributed by atoms with Crippen molar-refractivity contribution in [2.75, 3.05) is 6.61 Å². The van der Waals surface area contributed by atoms with Gasteiger partial charge in [-0.1, -0.05) is 301 Å². The summed E-state index contributed by atoms with van der Waals surface area (Å²) < 4.78 is 0. The average Bonchev–Trinajstić information content (AvgIpc) is 3.30. The minimum atomic E-state index is -0.751. The normalized spacial score (nSPS) is 13.4. The van der Waals surface area contributed by atoms with Crippen molar-refractivity contribution in [2.24, 2.45) is 0 Å². The van der Waals surface area contributed by atoms with Crippen LogP contribution in [-0.4, -0.2) is 46.1 Å². The number of aliphatic hydroxyl groups is 3. The molecular weight excluding hydrogens is 799 g/mol. The van der Waals surface area contributed by atoms with Crippen LogP contribution in [0.5, 0.6) is 0 Å². The van der Waals surface area contributed by atoms with Crippen LogP contribution >= 0.6 is 0 Å². The van der Waals surface area contributed by atoms with Gasteiger partial charge in [-0.05, 0) is 44.9 Å². The Hall–Kier alpha value is -1.17. The van der Waals surface area contributed by atoms with Gasteiger partial charge in [0, 0.05) is 0 Å². The van der Waals surface area contributed by atoms with Gasteiger partial charge in [0.25, 0.3) is 0 Å². The lowest BCUT2D eigenvalue weighted by atomic mass is 10.0. The van der Waals surface area contributed by atoms with Crippen molar-refractivity contribution in [1.82, 2.24) is 5.32 Å². The fraction of sp³-hybridized carbons (Fsp3) is 0.917. The molecule has 0 heterocycles. The van der Waals surface area contributed by atoms with Crippen molar-refractivity contribution in [3.05, 3.63) is 24.3 Å². The number of nitrogens with one attached hydrogen (secondary N) is 1. The molecule has 0 aromatic heterocycles. The van der Waals surface area contributed by atoms with E-state index in [1.54, 1.807) is 0 Å². The van der Waals surface area contributed by atoms with Gasteiger partial charge in [-0.2, -0.15) is 0 Å². The molecule has 386 valence electrons. The molecule has 0 bridgehead atoms. The van der Waals surface area contributed by atoms with Gasteiger partial charge >= 0.3 is 0 Å². The molecule has 4 N–H and O–H groups in total. The molecule has 0 fully saturated rings. The van der Waals surface area contributed by atoms with Crippen LogP contribution in [0, 0.1) is 0 Å². The first-order valence-corrected chi connectivity index (χ1v) is 29.6. The summed E-state index contributed by atoms with van der Waals surface area (Å²) in [5.41, 5.74) is 0. The Morgan fingerprint density at radius 2 is 0.662 bits per heavy atom. The predicted molar refractivity (Wildman–Crippen MR) is 287 cm³/mol. The summed E-state index contributed by atoms with van der Waals surface area (Å²) in [6.45, 7) is 4.30. The summed E-state index contributed by atoms with van der Waals surface area (Å²) in [5, 5.41) is 33.7. The summed E-state index contributed by atoms with van der Waals surface area (Å²) >= 11 is 0. The monoisotopic (exact) mass is 916 g/mol. The Morgan fingerprint density at radius 1 is 0.385 bits per heavy atom. The zero-order valence-electron chi connectivity index (χ0n) is 44.1. The minimum Gasteiger partial charge on any atom is -0.394 e. The fourth-order valence-corrected chi connectivity index (χ4v) is 9.50. The first kappa shape index (κ1) is 63.8. The molecule has 3 atom stereocenters. The quantitative estimate of drug-likeness (QED) is 0.0361. The Labute approximate surface area is 407 Å². The molecule has 3 unspecified atom stereocenters. The molecule has 5 heteroatoms. The molecule has 5 nitrogen and oxygen atoms in total. The topological polar surface area (TPSA) is 89.8 Å². The Balaban J connectivity index is 3.53. The van der Waals surface area contributed by atoms with Crippen LogP contribution in [0.3, 0.4) is 0 Å². The van der Waals surface area contributed by atoms with E-state index < -0.39 is 18.2 Å². The summed E-state index contributed by atoms with van der Waals surface area (Å²) in [4.78, 5) is 12.6. The lowest BCUT2D eigenvalue weighted by molar-refractivity contribution is -0.125. The first-order chi connectivity index (χ1) is 32.0. The maximum atomic E-state index is 12.6. The predicted octanol–water partition coefficient (Wildman–Crippen LogP) is 18.5. The standard InChI is InChI=1S/C60H117NO4/c1-3-5-7-9-11-13-15-17-19-21-23-25-27-29-31-33-35-37-39-41-43-45-47-49-51-53-57(63)55-60(65)61-58(56-62)59(64)54-52-50-48-46-44-42-40-38-36-34-32-30-28-26-24-22-20-18-16-14-12-10-8-6-4-2/h23,25,29,31,57-59,62-64H,3-22,24,26-28,30,32-56H2,1-2H3,(H,61,65)/b25-23-,31-29-. The second kappa shape index (κ2) is 55.4. The molecule has 0 aromatic rings. The number of rotatable bonds is 55. The molecule has 0 aliphatic carbocycles. The number of hydrogen-bond acceptors (Lipinski definition) is 4. The third kappa shape index (κ3) is 52.1. The number of carbonyl (C=O) groups is 1. The first-order valence-electron chi connectivity index (χ1n) is 29.6. The van der Waals surface area contributed by atoms with Crippen molar-refractivity contribution in [3.63, 3.8) is 0 Å². The zero-order valence-corrected chi connectivity index (χ0v) is 44.1. The third-order valence-corrected chi connectivity index (χ3v) is 14.0. The fourth-order valence-electron chi connectivity index (χ4n) is 9.50. The molecule has 65 heavy (non-hydrogen) atoms. The van der Waals surface area contributed by atoms with Crippen molar-refractivity contribution in [1.29, 1.82) is 0 Å². The van der Waals surface area contributed by atoms with Crippen LogP contribution in [0.15, 0.2) is 24.3 Å². The molecule has 0 radical (unpaired) electrons. The van der Waals surface area contributed by atoms with Gasteiger partial charge in [0.15, 0.2) is 0 Å². The number of carbonyl (C=O) groups excluding carboxylic acids is 1. The maximum absolute atomic E-state index is 12.6. The van der Waals surface area contributed by atoms with Crippen LogP contribution in [0.25, 0.3) is 0 Å². The average molecular weight is 917 g/mol. The zero-order chi connectivity index (χ0) is 47.2. The molecule has 0 aromatic carbocycles. The SMILES string of the molecule is CCCCCCCCCCC/C=C\C/C=C\CCCCCCCCCCCC(O)CC(=O)NC(CO)C(O)CCCCCCCCCCCCCCCCCCCCCCCCCCC. The number of unbranched alkanes of at least 4 members (excludes halogenated alkanes) is 42. The largest absolute Gasteiger partial charge is 0.394 e. The van der Waals surface area contributed by atoms with E-state index in [2.05, 4.69) is 43.5 Å². The number of amides is 1. The Morgan fingerprint density at radius 3 is 0.969 bits per heavy atom. The van der Waals surface area contributed by atoms with Crippen LogP contribution in [0.2, 0.25) is 0 Å². The molecule has 0 aliphatic rings. The molecule has 0 saturated carbocycles. The molecule has 0 spiro atoms. The van der Waals surface area contributed by atoms with Crippen molar-refractivity contribution >= 4 is 5.91 Å². The molecule has 0 aliphatic heterocycles. The summed E-state index contributed by atoms with van der Waals surface area (Å²) in [6.07, 6.45) is 70.6. The lowest BCUT2D eigenvalue weighted by Crippen LogP contribution is -2.46. The van der Waals surface area contributed by atoms with E-state index >= 15 is 0 Å². The van der Waals surface area contributed by atoms with Crippen LogP contribution in [0.1, 0.15) is 328 Å². The smallest absolute Gasteiger partial charge is 0.222 e. The highest BCUT2D eigenvalue weighted by atomic mass is 16.3. The van der Waals surface area contributed by atoms with E-state index in [0.717, 1.165) is 32.1 Å². The highest BCUT2D eigenvalue weighted by Crippen LogP contribution is 2.18. The van der Waals surface area contributed by atoms with Gasteiger partial charge in [-0.25, -0.2) is 0 Å².